The fourth-order valence-corrected chi connectivity index (χ4v) is 1.45. The predicted molar refractivity (Wildman–Crippen MR) is 50.7 cm³/mol. The molecule has 1 aliphatic carbocycles. The Hall–Kier alpha value is -1.09. The van der Waals surface area contributed by atoms with Gasteiger partial charge in [0.15, 0.2) is 0 Å². The van der Waals surface area contributed by atoms with Gasteiger partial charge in [0.25, 0.3) is 0 Å². The van der Waals surface area contributed by atoms with Crippen LogP contribution in [-0.4, -0.2) is 5.54 Å². The van der Waals surface area contributed by atoms with Gasteiger partial charge in [0.2, 0.25) is 0 Å². The maximum atomic E-state index is 12.8. The minimum absolute atomic E-state index is 0.0374. The topological polar surface area (TPSA) is 52.0 Å². The van der Waals surface area contributed by atoms with Gasteiger partial charge >= 0.3 is 0 Å². The highest BCUT2D eigenvalue weighted by molar-refractivity contribution is 5.43. The number of nitrogens with two attached hydrogens (primary N) is 2. The highest BCUT2D eigenvalue weighted by Gasteiger charge is 2.37. The van der Waals surface area contributed by atoms with Crippen molar-refractivity contribution in [1.29, 1.82) is 0 Å². The standard InChI is InChI=1S/C10H13FN2/c11-8-2-1-7(5-9(8)12)6-10(13)3-4-10/h1-2,5H,3-4,6,12-13H2. The van der Waals surface area contributed by atoms with Crippen LogP contribution in [0.15, 0.2) is 18.2 Å². The second-order valence-corrected chi connectivity index (χ2v) is 3.90. The zero-order valence-electron chi connectivity index (χ0n) is 7.39. The molecule has 0 unspecified atom stereocenters. The molecule has 0 amide bonds. The van der Waals surface area contributed by atoms with Gasteiger partial charge in [-0.05, 0) is 37.0 Å². The van der Waals surface area contributed by atoms with Gasteiger partial charge in [-0.25, -0.2) is 4.39 Å². The number of rotatable bonds is 2. The van der Waals surface area contributed by atoms with Crippen LogP contribution in [0, 0.1) is 5.82 Å². The summed E-state index contributed by atoms with van der Waals surface area (Å²) in [4.78, 5) is 0. The average molecular weight is 180 g/mol. The smallest absolute Gasteiger partial charge is 0.146 e. The molecule has 70 valence electrons. The first-order chi connectivity index (χ1) is 6.09. The van der Waals surface area contributed by atoms with Crippen LogP contribution in [0.25, 0.3) is 0 Å². The molecule has 13 heavy (non-hydrogen) atoms. The number of hydrogen-bond donors (Lipinski definition) is 2. The molecule has 0 atom stereocenters. The largest absolute Gasteiger partial charge is 0.396 e. The van der Waals surface area contributed by atoms with Crippen LogP contribution in [-0.2, 0) is 6.42 Å². The van der Waals surface area contributed by atoms with Crippen LogP contribution in [0.3, 0.4) is 0 Å². The van der Waals surface area contributed by atoms with Gasteiger partial charge < -0.3 is 11.5 Å². The quantitative estimate of drug-likeness (QED) is 0.677. The summed E-state index contributed by atoms with van der Waals surface area (Å²) in [7, 11) is 0. The highest BCUT2D eigenvalue weighted by atomic mass is 19.1. The third kappa shape index (κ3) is 1.80. The van der Waals surface area contributed by atoms with Crippen molar-refractivity contribution in [3.8, 4) is 0 Å². The van der Waals surface area contributed by atoms with E-state index >= 15 is 0 Å². The monoisotopic (exact) mass is 180 g/mol. The van der Waals surface area contributed by atoms with Crippen LogP contribution >= 0.6 is 0 Å². The molecular formula is C10H13FN2. The number of benzene rings is 1. The SMILES string of the molecule is Nc1cc(CC2(N)CC2)ccc1F. The van der Waals surface area contributed by atoms with E-state index in [0.717, 1.165) is 24.8 Å². The van der Waals surface area contributed by atoms with Gasteiger partial charge in [-0.1, -0.05) is 6.07 Å². The lowest BCUT2D eigenvalue weighted by Gasteiger charge is -2.08. The molecule has 0 spiro atoms. The molecule has 0 aromatic heterocycles. The number of anilines is 1. The van der Waals surface area contributed by atoms with Gasteiger partial charge in [-0.3, -0.25) is 0 Å². The van der Waals surface area contributed by atoms with Crippen molar-refractivity contribution in [2.45, 2.75) is 24.8 Å². The molecule has 4 N–H and O–H groups in total. The van der Waals surface area contributed by atoms with Crippen molar-refractivity contribution in [3.05, 3.63) is 29.6 Å². The van der Waals surface area contributed by atoms with E-state index in [1.807, 2.05) is 0 Å². The van der Waals surface area contributed by atoms with E-state index in [-0.39, 0.29) is 17.0 Å². The molecule has 1 aromatic rings. The lowest BCUT2D eigenvalue weighted by atomic mass is 10.0. The van der Waals surface area contributed by atoms with Gasteiger partial charge in [-0.15, -0.1) is 0 Å². The Balaban J connectivity index is 2.17. The molecule has 1 saturated carbocycles. The summed E-state index contributed by atoms with van der Waals surface area (Å²) in [6.45, 7) is 0. The van der Waals surface area contributed by atoms with E-state index in [2.05, 4.69) is 0 Å². The summed E-state index contributed by atoms with van der Waals surface area (Å²) >= 11 is 0. The summed E-state index contributed by atoms with van der Waals surface area (Å²) in [6, 6.07) is 4.82. The van der Waals surface area contributed by atoms with E-state index in [1.54, 1.807) is 12.1 Å². The maximum absolute atomic E-state index is 12.8. The predicted octanol–water partition coefficient (Wildman–Crippen LogP) is 1.44. The summed E-state index contributed by atoms with van der Waals surface area (Å²) < 4.78 is 12.8. The first-order valence-corrected chi connectivity index (χ1v) is 4.42. The van der Waals surface area contributed by atoms with Gasteiger partial charge in [0.05, 0.1) is 5.69 Å². The third-order valence-electron chi connectivity index (χ3n) is 2.51. The van der Waals surface area contributed by atoms with Crippen LogP contribution in [0.1, 0.15) is 18.4 Å². The minimum atomic E-state index is -0.356. The van der Waals surface area contributed by atoms with Crippen molar-refractivity contribution >= 4 is 5.69 Å². The molecule has 0 saturated heterocycles. The fraction of sp³-hybridized carbons (Fsp3) is 0.400. The Labute approximate surface area is 76.7 Å². The second kappa shape index (κ2) is 2.70. The Morgan fingerprint density at radius 1 is 1.38 bits per heavy atom. The number of nitrogen functional groups attached to an aromatic ring is 1. The second-order valence-electron chi connectivity index (χ2n) is 3.90. The molecule has 1 aliphatic rings. The maximum Gasteiger partial charge on any atom is 0.146 e. The van der Waals surface area contributed by atoms with E-state index < -0.39 is 0 Å². The van der Waals surface area contributed by atoms with Gasteiger partial charge in [0.1, 0.15) is 5.82 Å². The van der Waals surface area contributed by atoms with E-state index in [1.165, 1.54) is 6.07 Å². The fourth-order valence-electron chi connectivity index (χ4n) is 1.45. The molecule has 3 heteroatoms. The first kappa shape index (κ1) is 8.51. The average Bonchev–Trinajstić information content (AvgIpc) is 2.76. The minimum Gasteiger partial charge on any atom is -0.396 e. The van der Waals surface area contributed by atoms with Gasteiger partial charge in [-0.2, -0.15) is 0 Å². The Morgan fingerprint density at radius 3 is 2.62 bits per heavy atom. The van der Waals surface area contributed by atoms with Gasteiger partial charge in [0, 0.05) is 5.54 Å². The lowest BCUT2D eigenvalue weighted by molar-refractivity contribution is 0.628. The Bertz CT molecular complexity index is 332. The van der Waals surface area contributed by atoms with Crippen LogP contribution in [0.5, 0.6) is 0 Å². The molecule has 0 heterocycles. The normalized spacial score (nSPS) is 18.6. The zero-order chi connectivity index (χ0) is 9.47. The molecule has 1 aromatic carbocycles. The summed E-state index contributed by atoms with van der Waals surface area (Å²) in [5, 5.41) is 0. The molecule has 2 nitrogen and oxygen atoms in total. The Kier molecular flexibility index (Phi) is 1.77. The lowest BCUT2D eigenvalue weighted by Crippen LogP contribution is -2.24. The van der Waals surface area contributed by atoms with Crippen molar-refractivity contribution in [2.24, 2.45) is 5.73 Å². The number of hydrogen-bond acceptors (Lipinski definition) is 2. The number of halogens is 1. The van der Waals surface area contributed by atoms with Crippen molar-refractivity contribution < 1.29 is 4.39 Å². The summed E-state index contributed by atoms with van der Waals surface area (Å²) in [5.41, 5.74) is 12.6. The molecule has 0 aliphatic heterocycles. The van der Waals surface area contributed by atoms with Crippen molar-refractivity contribution in [2.75, 3.05) is 5.73 Å². The molecule has 0 bridgehead atoms. The van der Waals surface area contributed by atoms with E-state index in [4.69, 9.17) is 11.5 Å². The molecule has 0 radical (unpaired) electrons. The van der Waals surface area contributed by atoms with E-state index in [0.29, 0.717) is 0 Å². The zero-order valence-corrected chi connectivity index (χ0v) is 7.39. The van der Waals surface area contributed by atoms with Crippen LogP contribution < -0.4 is 11.5 Å². The van der Waals surface area contributed by atoms with Crippen LogP contribution in [0.4, 0.5) is 10.1 Å². The first-order valence-electron chi connectivity index (χ1n) is 4.42. The molecule has 1 fully saturated rings. The summed E-state index contributed by atoms with van der Waals surface area (Å²) in [6.07, 6.45) is 2.92. The highest BCUT2D eigenvalue weighted by Crippen LogP contribution is 2.35. The van der Waals surface area contributed by atoms with E-state index in [9.17, 15) is 4.39 Å². The van der Waals surface area contributed by atoms with Crippen molar-refractivity contribution in [3.63, 3.8) is 0 Å². The Morgan fingerprint density at radius 2 is 2.08 bits per heavy atom. The third-order valence-corrected chi connectivity index (χ3v) is 2.51. The van der Waals surface area contributed by atoms with Crippen LogP contribution in [0.2, 0.25) is 0 Å². The molecule has 2 rings (SSSR count). The summed E-state index contributed by atoms with van der Waals surface area (Å²) in [5.74, 6) is -0.356. The molecular weight excluding hydrogens is 167 g/mol. The van der Waals surface area contributed by atoms with Crippen molar-refractivity contribution in [1.82, 2.24) is 0 Å².